The van der Waals surface area contributed by atoms with Crippen molar-refractivity contribution in [3.8, 4) is 0 Å². The van der Waals surface area contributed by atoms with Crippen molar-refractivity contribution in [3.05, 3.63) is 106 Å². The second kappa shape index (κ2) is 12.4. The Morgan fingerprint density at radius 2 is 1.39 bits per heavy atom. The number of amides is 2. The number of carbonyl (C=O) groups is 2. The summed E-state index contributed by atoms with van der Waals surface area (Å²) in [5.41, 5.74) is 2.17. The number of sulfonamides is 1. The van der Waals surface area contributed by atoms with Crippen LogP contribution in [0, 0.1) is 0 Å². The lowest BCUT2D eigenvalue weighted by molar-refractivity contribution is -0.141. The van der Waals surface area contributed by atoms with Gasteiger partial charge in [-0.05, 0) is 41.0 Å². The Hall–Kier alpha value is -2.91. The van der Waals surface area contributed by atoms with E-state index in [0.717, 1.165) is 21.7 Å². The first-order valence-electron chi connectivity index (χ1n) is 11.1. The van der Waals surface area contributed by atoms with Crippen LogP contribution in [0.15, 0.2) is 78.9 Å². The molecule has 10 heteroatoms. The van der Waals surface area contributed by atoms with Gasteiger partial charge in [0.25, 0.3) is 0 Å². The van der Waals surface area contributed by atoms with Crippen LogP contribution in [0.3, 0.4) is 0 Å². The molecular formula is C26H27Cl2N3O4S. The second-order valence-corrected chi connectivity index (χ2v) is 11.3. The molecule has 0 heterocycles. The molecule has 2 amide bonds. The number of carbonyl (C=O) groups excluding carboxylic acids is 2. The topological polar surface area (TPSA) is 86.8 Å². The summed E-state index contributed by atoms with van der Waals surface area (Å²) in [6, 6.07) is 21.9. The minimum atomic E-state index is -3.61. The highest BCUT2D eigenvalue weighted by Gasteiger charge is 2.32. The highest BCUT2D eigenvalue weighted by atomic mass is 35.5. The number of halogens is 2. The van der Waals surface area contributed by atoms with Crippen molar-refractivity contribution in [2.24, 2.45) is 0 Å². The number of benzene rings is 3. The average Bonchev–Trinajstić information content (AvgIpc) is 2.84. The predicted octanol–water partition coefficient (Wildman–Crippen LogP) is 4.27. The Balaban J connectivity index is 1.96. The molecule has 3 aromatic carbocycles. The maximum absolute atomic E-state index is 13.6. The van der Waals surface area contributed by atoms with E-state index in [1.807, 2.05) is 6.07 Å². The SMILES string of the molecule is CN(CC(=O)N(Cc1ccc(Cl)cc1)[C@@H](C(=O)NCc1ccc(Cl)cc1)c1ccccc1)S(C)(=O)=O. The molecule has 0 radical (unpaired) electrons. The molecule has 0 fully saturated rings. The zero-order valence-corrected chi connectivity index (χ0v) is 22.2. The minimum absolute atomic E-state index is 0.0710. The van der Waals surface area contributed by atoms with Crippen LogP contribution in [0.5, 0.6) is 0 Å². The summed E-state index contributed by atoms with van der Waals surface area (Å²) in [7, 11) is -2.29. The molecule has 1 atom stereocenters. The van der Waals surface area contributed by atoms with E-state index in [0.29, 0.717) is 15.6 Å². The van der Waals surface area contributed by atoms with Gasteiger partial charge >= 0.3 is 0 Å². The number of hydrogen-bond acceptors (Lipinski definition) is 4. The second-order valence-electron chi connectivity index (χ2n) is 8.32. The summed E-state index contributed by atoms with van der Waals surface area (Å²) in [5, 5.41) is 4.02. The smallest absolute Gasteiger partial charge is 0.247 e. The van der Waals surface area contributed by atoms with Gasteiger partial charge in [-0.3, -0.25) is 9.59 Å². The Kier molecular flexibility index (Phi) is 9.50. The minimum Gasteiger partial charge on any atom is -0.350 e. The molecule has 3 aromatic rings. The molecule has 1 N–H and O–H groups in total. The Bertz CT molecular complexity index is 1290. The Labute approximate surface area is 221 Å². The maximum atomic E-state index is 13.6. The van der Waals surface area contributed by atoms with Gasteiger partial charge in [0.05, 0.1) is 12.8 Å². The van der Waals surface area contributed by atoms with Crippen molar-refractivity contribution >= 4 is 45.0 Å². The van der Waals surface area contributed by atoms with Gasteiger partial charge in [0.15, 0.2) is 0 Å². The van der Waals surface area contributed by atoms with Crippen molar-refractivity contribution in [2.45, 2.75) is 19.1 Å². The van der Waals surface area contributed by atoms with E-state index in [1.54, 1.807) is 72.8 Å². The molecule has 0 spiro atoms. The van der Waals surface area contributed by atoms with Crippen molar-refractivity contribution in [2.75, 3.05) is 19.8 Å². The molecule has 0 aromatic heterocycles. The quantitative estimate of drug-likeness (QED) is 0.410. The molecule has 36 heavy (non-hydrogen) atoms. The average molecular weight is 548 g/mol. The summed E-state index contributed by atoms with van der Waals surface area (Å²) in [6.07, 6.45) is 1.03. The molecule has 0 aliphatic rings. The third-order valence-electron chi connectivity index (χ3n) is 5.57. The molecule has 0 saturated heterocycles. The van der Waals surface area contributed by atoms with E-state index >= 15 is 0 Å². The molecule has 190 valence electrons. The number of rotatable bonds is 10. The lowest BCUT2D eigenvalue weighted by Gasteiger charge is -2.32. The van der Waals surface area contributed by atoms with E-state index in [4.69, 9.17) is 23.2 Å². The highest BCUT2D eigenvalue weighted by Crippen LogP contribution is 2.25. The van der Waals surface area contributed by atoms with E-state index < -0.39 is 34.4 Å². The molecule has 3 rings (SSSR count). The van der Waals surface area contributed by atoms with Gasteiger partial charge in [0, 0.05) is 30.2 Å². The Morgan fingerprint density at radius 1 is 0.861 bits per heavy atom. The van der Waals surface area contributed by atoms with Gasteiger partial charge < -0.3 is 10.2 Å². The third kappa shape index (κ3) is 7.80. The molecule has 0 saturated carbocycles. The van der Waals surface area contributed by atoms with Gasteiger partial charge in [-0.2, -0.15) is 4.31 Å². The number of nitrogens with one attached hydrogen (secondary N) is 1. The van der Waals surface area contributed by atoms with Crippen LogP contribution < -0.4 is 5.32 Å². The van der Waals surface area contributed by atoms with Crippen molar-refractivity contribution in [3.63, 3.8) is 0 Å². The zero-order valence-electron chi connectivity index (χ0n) is 19.9. The fourth-order valence-electron chi connectivity index (χ4n) is 3.50. The molecule has 7 nitrogen and oxygen atoms in total. The van der Waals surface area contributed by atoms with E-state index in [9.17, 15) is 18.0 Å². The van der Waals surface area contributed by atoms with E-state index in [-0.39, 0.29) is 13.1 Å². The van der Waals surface area contributed by atoms with Crippen molar-refractivity contribution < 1.29 is 18.0 Å². The first-order chi connectivity index (χ1) is 17.0. The van der Waals surface area contributed by atoms with Gasteiger partial charge in [0.2, 0.25) is 21.8 Å². The normalized spacial score (nSPS) is 12.2. The van der Waals surface area contributed by atoms with Crippen molar-refractivity contribution in [1.82, 2.24) is 14.5 Å². The van der Waals surface area contributed by atoms with Gasteiger partial charge in [0.1, 0.15) is 6.04 Å². The van der Waals surface area contributed by atoms with Crippen LogP contribution >= 0.6 is 23.2 Å². The fraction of sp³-hybridized carbons (Fsp3) is 0.231. The summed E-state index contributed by atoms with van der Waals surface area (Å²) >= 11 is 12.0. The number of nitrogens with zero attached hydrogens (tertiary/aromatic N) is 2. The number of likely N-dealkylation sites (N-methyl/N-ethyl adjacent to an activating group) is 1. The highest BCUT2D eigenvalue weighted by molar-refractivity contribution is 7.88. The number of hydrogen-bond donors (Lipinski definition) is 1. The largest absolute Gasteiger partial charge is 0.350 e. The summed E-state index contributed by atoms with van der Waals surface area (Å²) in [6.45, 7) is -0.118. The molecular weight excluding hydrogens is 521 g/mol. The van der Waals surface area contributed by atoms with Crippen molar-refractivity contribution in [1.29, 1.82) is 0 Å². The van der Waals surface area contributed by atoms with E-state index in [2.05, 4.69) is 5.32 Å². The predicted molar refractivity (Wildman–Crippen MR) is 142 cm³/mol. The van der Waals surface area contributed by atoms with Gasteiger partial charge in [-0.25, -0.2) is 8.42 Å². The third-order valence-corrected chi connectivity index (χ3v) is 7.33. The molecule has 0 bridgehead atoms. The molecule has 0 aliphatic heterocycles. The lowest BCUT2D eigenvalue weighted by Crippen LogP contribution is -2.47. The Morgan fingerprint density at radius 3 is 1.92 bits per heavy atom. The monoisotopic (exact) mass is 547 g/mol. The van der Waals surface area contributed by atoms with Crippen LogP contribution in [0.2, 0.25) is 10.0 Å². The van der Waals surface area contributed by atoms with E-state index in [1.165, 1.54) is 11.9 Å². The summed E-state index contributed by atoms with van der Waals surface area (Å²) in [4.78, 5) is 28.5. The fourth-order valence-corrected chi connectivity index (χ4v) is 4.10. The van der Waals surface area contributed by atoms with Crippen LogP contribution in [0.25, 0.3) is 0 Å². The summed E-state index contributed by atoms with van der Waals surface area (Å²) < 4.78 is 24.9. The molecule has 0 aliphatic carbocycles. The lowest BCUT2D eigenvalue weighted by atomic mass is 10.0. The van der Waals surface area contributed by atoms with Gasteiger partial charge in [-0.15, -0.1) is 0 Å². The first kappa shape index (κ1) is 27.7. The standard InChI is InChI=1S/C26H27Cl2N3O4S/c1-30(36(2,34)35)18-24(32)31(17-20-10-14-23(28)15-11-20)25(21-6-4-3-5-7-21)26(33)29-16-19-8-12-22(27)13-9-19/h3-15,25H,16-18H2,1-2H3,(H,29,33)/t25-/m1/s1. The first-order valence-corrected chi connectivity index (χ1v) is 13.7. The van der Waals surface area contributed by atoms with Crippen LogP contribution in [0.1, 0.15) is 22.7 Å². The van der Waals surface area contributed by atoms with Crippen LogP contribution in [-0.4, -0.2) is 49.3 Å². The zero-order chi connectivity index (χ0) is 26.3. The van der Waals surface area contributed by atoms with Crippen LogP contribution in [-0.2, 0) is 32.7 Å². The summed E-state index contributed by atoms with van der Waals surface area (Å²) in [5.74, 6) is -0.922. The van der Waals surface area contributed by atoms with Crippen LogP contribution in [0.4, 0.5) is 0 Å². The molecule has 0 unspecified atom stereocenters. The maximum Gasteiger partial charge on any atom is 0.247 e. The van der Waals surface area contributed by atoms with Gasteiger partial charge in [-0.1, -0.05) is 77.8 Å².